The Kier molecular flexibility index (Phi) is 4.53. The average molecular weight is 259 g/mol. The van der Waals surface area contributed by atoms with Crippen molar-refractivity contribution < 1.29 is 9.13 Å². The largest absolute Gasteiger partial charge is 0.494 e. The fourth-order valence-corrected chi connectivity index (χ4v) is 1.87. The van der Waals surface area contributed by atoms with Crippen LogP contribution in [0.15, 0.2) is 42.5 Å². The van der Waals surface area contributed by atoms with E-state index in [1.54, 1.807) is 12.1 Å². The number of benzene rings is 2. The van der Waals surface area contributed by atoms with Gasteiger partial charge in [-0.25, -0.2) is 4.39 Å². The second-order valence-corrected chi connectivity index (χ2v) is 4.38. The number of rotatable bonds is 5. The fourth-order valence-electron chi connectivity index (χ4n) is 1.87. The molecule has 0 bridgehead atoms. The van der Waals surface area contributed by atoms with Crippen LogP contribution in [-0.4, -0.2) is 6.61 Å². The Morgan fingerprint density at radius 2 is 1.74 bits per heavy atom. The molecular weight excluding hydrogens is 241 g/mol. The molecule has 0 unspecified atom stereocenters. The highest BCUT2D eigenvalue weighted by molar-refractivity contribution is 5.65. The molecule has 100 valence electrons. The van der Waals surface area contributed by atoms with Gasteiger partial charge < -0.3 is 10.5 Å². The first-order chi connectivity index (χ1) is 9.24. The maximum absolute atomic E-state index is 13.4. The second-order valence-electron chi connectivity index (χ2n) is 4.38. The number of halogens is 1. The lowest BCUT2D eigenvalue weighted by molar-refractivity contribution is 0.317. The van der Waals surface area contributed by atoms with Crippen molar-refractivity contribution in [2.75, 3.05) is 6.61 Å². The van der Waals surface area contributed by atoms with Gasteiger partial charge in [0.05, 0.1) is 6.61 Å². The van der Waals surface area contributed by atoms with Crippen molar-refractivity contribution in [3.8, 4) is 16.9 Å². The molecule has 0 radical (unpaired) electrons. The molecule has 2 rings (SSSR count). The first-order valence-electron chi connectivity index (χ1n) is 6.46. The van der Waals surface area contributed by atoms with Crippen molar-refractivity contribution in [1.29, 1.82) is 0 Å². The zero-order valence-corrected chi connectivity index (χ0v) is 11.0. The minimum Gasteiger partial charge on any atom is -0.494 e. The van der Waals surface area contributed by atoms with Crippen molar-refractivity contribution in [3.05, 3.63) is 53.8 Å². The Hall–Kier alpha value is -1.87. The lowest BCUT2D eigenvalue weighted by Crippen LogP contribution is -1.99. The standard InChI is InChI=1S/C16H18FNO/c1-2-9-19-15-6-3-12(4-7-15)13-5-8-16(17)14(10-13)11-18/h3-8,10H,2,9,11,18H2,1H3. The van der Waals surface area contributed by atoms with E-state index in [4.69, 9.17) is 10.5 Å². The molecule has 0 aliphatic carbocycles. The van der Waals surface area contributed by atoms with Crippen LogP contribution in [0.2, 0.25) is 0 Å². The van der Waals surface area contributed by atoms with Gasteiger partial charge in [-0.15, -0.1) is 0 Å². The van der Waals surface area contributed by atoms with Crippen LogP contribution in [0.25, 0.3) is 11.1 Å². The van der Waals surface area contributed by atoms with Crippen LogP contribution in [0, 0.1) is 5.82 Å². The lowest BCUT2D eigenvalue weighted by atomic mass is 10.0. The Morgan fingerprint density at radius 1 is 1.05 bits per heavy atom. The normalized spacial score (nSPS) is 10.5. The van der Waals surface area contributed by atoms with Crippen molar-refractivity contribution >= 4 is 0 Å². The highest BCUT2D eigenvalue weighted by atomic mass is 19.1. The van der Waals surface area contributed by atoms with Gasteiger partial charge in [0.1, 0.15) is 11.6 Å². The molecule has 2 aromatic carbocycles. The molecule has 0 heterocycles. The second kappa shape index (κ2) is 6.34. The Bertz CT molecular complexity index is 537. The molecule has 0 saturated carbocycles. The predicted molar refractivity (Wildman–Crippen MR) is 75.5 cm³/mol. The summed E-state index contributed by atoms with van der Waals surface area (Å²) in [6.07, 6.45) is 0.986. The van der Waals surface area contributed by atoms with Crippen LogP contribution in [-0.2, 0) is 6.54 Å². The van der Waals surface area contributed by atoms with Crippen LogP contribution in [0.4, 0.5) is 4.39 Å². The van der Waals surface area contributed by atoms with Gasteiger partial charge in [0.15, 0.2) is 0 Å². The summed E-state index contributed by atoms with van der Waals surface area (Å²) in [6.45, 7) is 2.99. The molecule has 3 heteroatoms. The first kappa shape index (κ1) is 13.6. The molecule has 0 amide bonds. The highest BCUT2D eigenvalue weighted by Gasteiger charge is 2.04. The first-order valence-corrected chi connectivity index (χ1v) is 6.46. The molecule has 0 fully saturated rings. The number of ether oxygens (including phenoxy) is 1. The molecule has 0 aliphatic rings. The maximum Gasteiger partial charge on any atom is 0.127 e. The summed E-state index contributed by atoms with van der Waals surface area (Å²) < 4.78 is 18.9. The van der Waals surface area contributed by atoms with Gasteiger partial charge >= 0.3 is 0 Å². The van der Waals surface area contributed by atoms with Gasteiger partial charge in [0, 0.05) is 12.1 Å². The molecule has 19 heavy (non-hydrogen) atoms. The molecule has 2 aromatic rings. The van der Waals surface area contributed by atoms with Gasteiger partial charge in [-0.2, -0.15) is 0 Å². The van der Waals surface area contributed by atoms with Gasteiger partial charge in [-0.3, -0.25) is 0 Å². The third-order valence-electron chi connectivity index (χ3n) is 2.93. The van der Waals surface area contributed by atoms with E-state index in [9.17, 15) is 4.39 Å². The Balaban J connectivity index is 2.22. The van der Waals surface area contributed by atoms with Crippen LogP contribution in [0.5, 0.6) is 5.75 Å². The Labute approximate surface area is 113 Å². The Morgan fingerprint density at radius 3 is 2.37 bits per heavy atom. The summed E-state index contributed by atoms with van der Waals surface area (Å²) in [5.74, 6) is 0.598. The smallest absolute Gasteiger partial charge is 0.127 e. The van der Waals surface area contributed by atoms with Crippen LogP contribution >= 0.6 is 0 Å². The molecule has 0 aliphatic heterocycles. The van der Waals surface area contributed by atoms with Crippen molar-refractivity contribution in [2.45, 2.75) is 19.9 Å². The van der Waals surface area contributed by atoms with Crippen LogP contribution in [0.3, 0.4) is 0 Å². The van der Waals surface area contributed by atoms with Gasteiger partial charge in [-0.05, 0) is 41.8 Å². The summed E-state index contributed by atoms with van der Waals surface area (Å²) in [7, 11) is 0. The number of nitrogens with two attached hydrogens (primary N) is 1. The topological polar surface area (TPSA) is 35.2 Å². The minimum atomic E-state index is -0.255. The maximum atomic E-state index is 13.4. The van der Waals surface area contributed by atoms with E-state index < -0.39 is 0 Å². The van der Waals surface area contributed by atoms with Crippen LogP contribution in [0.1, 0.15) is 18.9 Å². The lowest BCUT2D eigenvalue weighted by Gasteiger charge is -2.08. The van der Waals surface area contributed by atoms with Crippen LogP contribution < -0.4 is 10.5 Å². The summed E-state index contributed by atoms with van der Waals surface area (Å²) >= 11 is 0. The third-order valence-corrected chi connectivity index (χ3v) is 2.93. The van der Waals surface area contributed by atoms with E-state index in [1.807, 2.05) is 24.3 Å². The van der Waals surface area contributed by atoms with Gasteiger partial charge in [-0.1, -0.05) is 25.1 Å². The monoisotopic (exact) mass is 259 g/mol. The summed E-state index contributed by atoms with van der Waals surface area (Å²) in [5, 5.41) is 0. The summed E-state index contributed by atoms with van der Waals surface area (Å²) in [4.78, 5) is 0. The van der Waals surface area contributed by atoms with E-state index in [-0.39, 0.29) is 12.4 Å². The zero-order valence-electron chi connectivity index (χ0n) is 11.0. The van der Waals surface area contributed by atoms with Crippen molar-refractivity contribution in [2.24, 2.45) is 5.73 Å². The fraction of sp³-hybridized carbons (Fsp3) is 0.250. The summed E-state index contributed by atoms with van der Waals surface area (Å²) in [5.41, 5.74) is 8.04. The molecule has 0 aromatic heterocycles. The van der Waals surface area contributed by atoms with Gasteiger partial charge in [0.2, 0.25) is 0 Å². The summed E-state index contributed by atoms with van der Waals surface area (Å²) in [6, 6.07) is 12.8. The van der Waals surface area contributed by atoms with E-state index >= 15 is 0 Å². The average Bonchev–Trinajstić information content (AvgIpc) is 2.46. The number of hydrogen-bond donors (Lipinski definition) is 1. The van der Waals surface area contributed by atoms with Crippen molar-refractivity contribution in [3.63, 3.8) is 0 Å². The number of hydrogen-bond acceptors (Lipinski definition) is 2. The van der Waals surface area contributed by atoms with E-state index in [0.29, 0.717) is 12.2 Å². The quantitative estimate of drug-likeness (QED) is 0.887. The SMILES string of the molecule is CCCOc1ccc(-c2ccc(F)c(CN)c2)cc1. The van der Waals surface area contributed by atoms with Crippen molar-refractivity contribution in [1.82, 2.24) is 0 Å². The molecular formula is C16H18FNO. The highest BCUT2D eigenvalue weighted by Crippen LogP contribution is 2.24. The van der Waals surface area contributed by atoms with Gasteiger partial charge in [0.25, 0.3) is 0 Å². The van der Waals surface area contributed by atoms with E-state index in [2.05, 4.69) is 6.92 Å². The zero-order chi connectivity index (χ0) is 13.7. The third kappa shape index (κ3) is 3.32. The molecule has 0 spiro atoms. The molecule has 2 N–H and O–H groups in total. The molecule has 2 nitrogen and oxygen atoms in total. The predicted octanol–water partition coefficient (Wildman–Crippen LogP) is 3.74. The van der Waals surface area contributed by atoms with E-state index in [0.717, 1.165) is 23.3 Å². The van der Waals surface area contributed by atoms with E-state index in [1.165, 1.54) is 6.07 Å². The minimum absolute atomic E-state index is 0.206. The molecule has 0 saturated heterocycles. The molecule has 0 atom stereocenters.